The Balaban J connectivity index is 2.46. The van der Waals surface area contributed by atoms with Gasteiger partial charge in [-0.2, -0.15) is 20.3 Å². The summed E-state index contributed by atoms with van der Waals surface area (Å²) in [6.45, 7) is 0.0856. The lowest BCUT2D eigenvalue weighted by Crippen LogP contribution is -2.00. The molecule has 1 heterocycles. The van der Waals surface area contributed by atoms with Crippen LogP contribution in [-0.2, 0) is 11.3 Å². The first-order valence-corrected chi connectivity index (χ1v) is 4.55. The van der Waals surface area contributed by atoms with Crippen molar-refractivity contribution in [2.24, 2.45) is 0 Å². The number of nitriles is 1. The predicted octanol–water partition coefficient (Wildman–Crippen LogP) is 0.741. The zero-order chi connectivity index (χ0) is 11.5. The van der Waals surface area contributed by atoms with Crippen molar-refractivity contribution in [3.63, 3.8) is 0 Å². The molecule has 0 radical (unpaired) electrons. The Hall–Kier alpha value is -2.42. The first-order chi connectivity index (χ1) is 7.74. The molecular formula is C10H8N4O2. The van der Waals surface area contributed by atoms with E-state index in [1.807, 2.05) is 6.07 Å². The van der Waals surface area contributed by atoms with E-state index < -0.39 is 5.97 Å². The molecule has 6 heteroatoms. The van der Waals surface area contributed by atoms with Crippen LogP contribution in [0.5, 0.6) is 0 Å². The zero-order valence-corrected chi connectivity index (χ0v) is 8.54. The molecule has 0 spiro atoms. The smallest absolute Gasteiger partial charge is 0.337 e. The first-order valence-electron chi connectivity index (χ1n) is 4.55. The van der Waals surface area contributed by atoms with Crippen molar-refractivity contribution in [3.05, 3.63) is 23.8 Å². The van der Waals surface area contributed by atoms with Gasteiger partial charge >= 0.3 is 5.97 Å². The second-order valence-corrected chi connectivity index (χ2v) is 3.08. The molecule has 0 unspecified atom stereocenters. The number of carbonyl (C=O) groups excluding carboxylic acids is 1. The molecule has 16 heavy (non-hydrogen) atoms. The average Bonchev–Trinajstić information content (AvgIpc) is 2.69. The fourth-order valence-electron chi connectivity index (χ4n) is 1.34. The van der Waals surface area contributed by atoms with Gasteiger partial charge in [-0.15, -0.1) is 0 Å². The maximum Gasteiger partial charge on any atom is 0.337 e. The highest BCUT2D eigenvalue weighted by molar-refractivity contribution is 5.93. The summed E-state index contributed by atoms with van der Waals surface area (Å²) in [6, 6.07) is 6.80. The highest BCUT2D eigenvalue weighted by Gasteiger charge is 2.08. The Morgan fingerprint density at radius 2 is 2.25 bits per heavy atom. The Kier molecular flexibility index (Phi) is 2.52. The van der Waals surface area contributed by atoms with Crippen molar-refractivity contribution in [3.8, 4) is 6.07 Å². The van der Waals surface area contributed by atoms with E-state index in [4.69, 9.17) is 5.26 Å². The second kappa shape index (κ2) is 3.98. The molecule has 0 bridgehead atoms. The minimum absolute atomic E-state index is 0.0856. The summed E-state index contributed by atoms with van der Waals surface area (Å²) in [5.74, 6) is -0.420. The SMILES string of the molecule is COC(=O)c1ccc2nn(CC#N)nc2c1. The van der Waals surface area contributed by atoms with Crippen LogP contribution in [0.2, 0.25) is 0 Å². The van der Waals surface area contributed by atoms with Gasteiger partial charge in [0.15, 0.2) is 0 Å². The highest BCUT2D eigenvalue weighted by Crippen LogP contribution is 2.12. The van der Waals surface area contributed by atoms with Crippen LogP contribution >= 0.6 is 0 Å². The molecule has 0 saturated carbocycles. The molecule has 2 aromatic rings. The number of carbonyl (C=O) groups is 1. The van der Waals surface area contributed by atoms with Crippen LogP contribution in [0.25, 0.3) is 11.0 Å². The van der Waals surface area contributed by atoms with Crippen molar-refractivity contribution in [2.45, 2.75) is 6.54 Å². The lowest BCUT2D eigenvalue weighted by Gasteiger charge is -1.96. The summed E-state index contributed by atoms with van der Waals surface area (Å²) in [7, 11) is 1.32. The normalized spacial score (nSPS) is 10.0. The number of benzene rings is 1. The molecule has 0 amide bonds. The first kappa shape index (κ1) is 10.1. The third-order valence-electron chi connectivity index (χ3n) is 2.05. The van der Waals surface area contributed by atoms with Crippen LogP contribution in [0, 0.1) is 11.3 Å². The Bertz CT molecular complexity index is 582. The number of hydrogen-bond donors (Lipinski definition) is 0. The molecule has 0 atom stereocenters. The summed E-state index contributed by atoms with van der Waals surface area (Å²) in [5.41, 5.74) is 1.63. The average molecular weight is 216 g/mol. The molecule has 6 nitrogen and oxygen atoms in total. The maximum absolute atomic E-state index is 11.3. The van der Waals surface area contributed by atoms with Crippen molar-refractivity contribution in [1.29, 1.82) is 5.26 Å². The Labute approximate surface area is 91.0 Å². The quantitative estimate of drug-likeness (QED) is 0.691. The number of ether oxygens (including phenoxy) is 1. The molecule has 80 valence electrons. The van der Waals surface area contributed by atoms with Crippen LogP contribution in [0.1, 0.15) is 10.4 Å². The van der Waals surface area contributed by atoms with Gasteiger partial charge in [-0.1, -0.05) is 0 Å². The molecule has 0 N–H and O–H groups in total. The number of aromatic nitrogens is 3. The molecule has 1 aromatic carbocycles. The largest absolute Gasteiger partial charge is 0.465 e. The molecule has 0 aliphatic rings. The van der Waals surface area contributed by atoms with E-state index in [2.05, 4.69) is 14.9 Å². The molecule has 0 fully saturated rings. The molecule has 0 saturated heterocycles. The third-order valence-corrected chi connectivity index (χ3v) is 2.05. The fraction of sp³-hybridized carbons (Fsp3) is 0.200. The van der Waals surface area contributed by atoms with Gasteiger partial charge in [-0.25, -0.2) is 4.79 Å². The summed E-state index contributed by atoms with van der Waals surface area (Å²) < 4.78 is 4.59. The fourth-order valence-corrected chi connectivity index (χ4v) is 1.34. The molecule has 0 aliphatic carbocycles. The van der Waals surface area contributed by atoms with E-state index in [0.717, 1.165) is 0 Å². The topological polar surface area (TPSA) is 80.8 Å². The molecule has 2 rings (SSSR count). The number of hydrogen-bond acceptors (Lipinski definition) is 5. The zero-order valence-electron chi connectivity index (χ0n) is 8.54. The number of methoxy groups -OCH3 is 1. The van der Waals surface area contributed by atoms with Gasteiger partial charge in [0.2, 0.25) is 0 Å². The Morgan fingerprint density at radius 1 is 1.50 bits per heavy atom. The van der Waals surface area contributed by atoms with Crippen molar-refractivity contribution in [2.75, 3.05) is 7.11 Å². The summed E-state index contributed by atoms with van der Waals surface area (Å²) in [5, 5.41) is 16.6. The van der Waals surface area contributed by atoms with E-state index in [9.17, 15) is 4.79 Å². The summed E-state index contributed by atoms with van der Waals surface area (Å²) in [6.07, 6.45) is 0. The lowest BCUT2D eigenvalue weighted by atomic mass is 10.2. The van der Waals surface area contributed by atoms with E-state index in [1.54, 1.807) is 18.2 Å². The summed E-state index contributed by atoms with van der Waals surface area (Å²) in [4.78, 5) is 12.5. The van der Waals surface area contributed by atoms with Crippen LogP contribution in [-0.4, -0.2) is 28.1 Å². The van der Waals surface area contributed by atoms with Gasteiger partial charge < -0.3 is 4.74 Å². The standard InChI is InChI=1S/C10H8N4O2/c1-16-10(15)7-2-3-8-9(6-7)13-14(12-8)5-4-11/h2-3,6H,5H2,1H3. The van der Waals surface area contributed by atoms with Gasteiger partial charge in [0.1, 0.15) is 17.6 Å². The molecular weight excluding hydrogens is 208 g/mol. The predicted molar refractivity (Wildman–Crippen MR) is 54.5 cm³/mol. The summed E-state index contributed by atoms with van der Waals surface area (Å²) >= 11 is 0. The molecule has 0 aliphatic heterocycles. The Morgan fingerprint density at radius 3 is 2.94 bits per heavy atom. The van der Waals surface area contributed by atoms with Crippen molar-refractivity contribution >= 4 is 17.0 Å². The van der Waals surface area contributed by atoms with Gasteiger partial charge in [0.05, 0.1) is 18.7 Å². The van der Waals surface area contributed by atoms with Gasteiger partial charge in [-0.3, -0.25) is 0 Å². The van der Waals surface area contributed by atoms with Crippen molar-refractivity contribution in [1.82, 2.24) is 15.0 Å². The number of rotatable bonds is 2. The lowest BCUT2D eigenvalue weighted by molar-refractivity contribution is 0.0601. The van der Waals surface area contributed by atoms with Crippen LogP contribution in [0.3, 0.4) is 0 Å². The van der Waals surface area contributed by atoms with Crippen molar-refractivity contribution < 1.29 is 9.53 Å². The maximum atomic E-state index is 11.3. The van der Waals surface area contributed by atoms with E-state index in [0.29, 0.717) is 16.6 Å². The second-order valence-electron chi connectivity index (χ2n) is 3.08. The van der Waals surface area contributed by atoms with Crippen LogP contribution < -0.4 is 0 Å². The number of fused-ring (bicyclic) bond motifs is 1. The number of esters is 1. The van der Waals surface area contributed by atoms with Crippen LogP contribution in [0.4, 0.5) is 0 Å². The van der Waals surface area contributed by atoms with E-state index >= 15 is 0 Å². The van der Waals surface area contributed by atoms with Gasteiger partial charge in [0, 0.05) is 0 Å². The highest BCUT2D eigenvalue weighted by atomic mass is 16.5. The molecule has 1 aromatic heterocycles. The van der Waals surface area contributed by atoms with Gasteiger partial charge in [-0.05, 0) is 18.2 Å². The number of nitrogens with zero attached hydrogens (tertiary/aromatic N) is 4. The minimum Gasteiger partial charge on any atom is -0.465 e. The van der Waals surface area contributed by atoms with E-state index in [-0.39, 0.29) is 6.54 Å². The third kappa shape index (κ3) is 1.70. The minimum atomic E-state index is -0.420. The van der Waals surface area contributed by atoms with E-state index in [1.165, 1.54) is 11.9 Å². The monoisotopic (exact) mass is 216 g/mol. The van der Waals surface area contributed by atoms with Gasteiger partial charge in [0.25, 0.3) is 0 Å². The van der Waals surface area contributed by atoms with Crippen LogP contribution in [0.15, 0.2) is 18.2 Å².